The summed E-state index contributed by atoms with van der Waals surface area (Å²) in [6.07, 6.45) is 3.23. The first-order chi connectivity index (χ1) is 9.17. The summed E-state index contributed by atoms with van der Waals surface area (Å²) in [7, 11) is 1.57. The van der Waals surface area contributed by atoms with E-state index in [0.29, 0.717) is 11.6 Å². The topological polar surface area (TPSA) is 73.1 Å². The van der Waals surface area contributed by atoms with Gasteiger partial charge < -0.3 is 4.74 Å². The summed E-state index contributed by atoms with van der Waals surface area (Å²) >= 11 is 0. The van der Waals surface area contributed by atoms with E-state index in [1.54, 1.807) is 19.5 Å². The molecule has 0 aliphatic rings. The molecule has 0 aliphatic heterocycles. The van der Waals surface area contributed by atoms with Gasteiger partial charge in [-0.2, -0.15) is 0 Å². The van der Waals surface area contributed by atoms with E-state index in [0.717, 1.165) is 11.1 Å². The molecular formula is C14H18N4O. The van der Waals surface area contributed by atoms with Crippen molar-refractivity contribution in [3.8, 4) is 5.88 Å². The molecule has 2 rings (SSSR count). The first-order valence-electron chi connectivity index (χ1n) is 6.05. The standard InChI is InChI=1S/C14H18N4O/c1-9-4-5-11(10(2)8-9)12(18-15)13-14(19-3)17-7-6-16-13/h4-8,12,18H,15H2,1-3H3. The van der Waals surface area contributed by atoms with E-state index in [1.165, 1.54) is 5.56 Å². The second-order valence-corrected chi connectivity index (χ2v) is 4.41. The Balaban J connectivity index is 2.50. The van der Waals surface area contributed by atoms with Gasteiger partial charge in [-0.3, -0.25) is 10.8 Å². The molecule has 0 saturated heterocycles. The number of methoxy groups -OCH3 is 1. The average Bonchev–Trinajstić information content (AvgIpc) is 2.42. The summed E-state index contributed by atoms with van der Waals surface area (Å²) < 4.78 is 5.24. The van der Waals surface area contributed by atoms with E-state index < -0.39 is 0 Å². The Morgan fingerprint density at radius 3 is 2.58 bits per heavy atom. The molecule has 1 heterocycles. The molecule has 1 aromatic heterocycles. The van der Waals surface area contributed by atoms with Gasteiger partial charge in [-0.25, -0.2) is 10.4 Å². The predicted molar refractivity (Wildman–Crippen MR) is 73.7 cm³/mol. The maximum atomic E-state index is 5.69. The molecule has 0 fully saturated rings. The Kier molecular flexibility index (Phi) is 4.09. The van der Waals surface area contributed by atoms with Crippen LogP contribution in [0.5, 0.6) is 5.88 Å². The van der Waals surface area contributed by atoms with Crippen molar-refractivity contribution >= 4 is 0 Å². The molecule has 0 spiro atoms. The summed E-state index contributed by atoms with van der Waals surface area (Å²) in [5.41, 5.74) is 6.89. The van der Waals surface area contributed by atoms with Gasteiger partial charge in [0.15, 0.2) is 0 Å². The summed E-state index contributed by atoms with van der Waals surface area (Å²) in [4.78, 5) is 8.49. The fourth-order valence-corrected chi connectivity index (χ4v) is 2.16. The average molecular weight is 258 g/mol. The zero-order valence-corrected chi connectivity index (χ0v) is 11.3. The lowest BCUT2D eigenvalue weighted by atomic mass is 9.97. The van der Waals surface area contributed by atoms with Gasteiger partial charge in [0.2, 0.25) is 5.88 Å². The molecule has 0 saturated carbocycles. The van der Waals surface area contributed by atoms with Gasteiger partial charge in [-0.15, -0.1) is 0 Å². The number of hydrazine groups is 1. The predicted octanol–water partition coefficient (Wildman–Crippen LogP) is 1.65. The molecular weight excluding hydrogens is 240 g/mol. The van der Waals surface area contributed by atoms with Crippen LogP contribution in [-0.2, 0) is 0 Å². The largest absolute Gasteiger partial charge is 0.480 e. The van der Waals surface area contributed by atoms with Crippen LogP contribution in [0.25, 0.3) is 0 Å². The van der Waals surface area contributed by atoms with Crippen LogP contribution in [0.4, 0.5) is 0 Å². The quantitative estimate of drug-likeness (QED) is 0.644. The Morgan fingerprint density at radius 2 is 1.95 bits per heavy atom. The van der Waals surface area contributed by atoms with Crippen LogP contribution in [0.3, 0.4) is 0 Å². The lowest BCUT2D eigenvalue weighted by Gasteiger charge is -2.19. The van der Waals surface area contributed by atoms with E-state index in [-0.39, 0.29) is 6.04 Å². The van der Waals surface area contributed by atoms with Crippen molar-refractivity contribution in [2.75, 3.05) is 7.11 Å². The van der Waals surface area contributed by atoms with Gasteiger partial charge in [0, 0.05) is 12.4 Å². The van der Waals surface area contributed by atoms with Gasteiger partial charge >= 0.3 is 0 Å². The van der Waals surface area contributed by atoms with E-state index in [9.17, 15) is 0 Å². The molecule has 0 radical (unpaired) electrons. The molecule has 5 nitrogen and oxygen atoms in total. The first kappa shape index (κ1) is 13.5. The molecule has 1 atom stereocenters. The van der Waals surface area contributed by atoms with Crippen molar-refractivity contribution in [3.05, 3.63) is 53.0 Å². The minimum absolute atomic E-state index is 0.246. The van der Waals surface area contributed by atoms with Crippen LogP contribution in [-0.4, -0.2) is 17.1 Å². The number of benzene rings is 1. The summed E-state index contributed by atoms with van der Waals surface area (Å²) in [5, 5.41) is 0. The van der Waals surface area contributed by atoms with Crippen LogP contribution in [0.2, 0.25) is 0 Å². The highest BCUT2D eigenvalue weighted by atomic mass is 16.5. The zero-order chi connectivity index (χ0) is 13.8. The highest BCUT2D eigenvalue weighted by Gasteiger charge is 2.20. The molecule has 5 heteroatoms. The van der Waals surface area contributed by atoms with Crippen LogP contribution in [0.15, 0.2) is 30.6 Å². The molecule has 2 aromatic rings. The number of nitrogens with zero attached hydrogens (tertiary/aromatic N) is 2. The van der Waals surface area contributed by atoms with E-state index >= 15 is 0 Å². The number of ether oxygens (including phenoxy) is 1. The summed E-state index contributed by atoms with van der Waals surface area (Å²) in [6.45, 7) is 4.11. The number of aromatic nitrogens is 2. The number of nitrogens with one attached hydrogen (secondary N) is 1. The Hall–Kier alpha value is -1.98. The summed E-state index contributed by atoms with van der Waals surface area (Å²) in [6, 6.07) is 5.96. The van der Waals surface area contributed by atoms with Gasteiger partial charge in [0.05, 0.1) is 13.2 Å². The first-order valence-corrected chi connectivity index (χ1v) is 6.05. The fourth-order valence-electron chi connectivity index (χ4n) is 2.16. The van der Waals surface area contributed by atoms with Crippen LogP contribution >= 0.6 is 0 Å². The maximum absolute atomic E-state index is 5.69. The monoisotopic (exact) mass is 258 g/mol. The van der Waals surface area contributed by atoms with Crippen molar-refractivity contribution < 1.29 is 4.74 Å². The van der Waals surface area contributed by atoms with Crippen molar-refractivity contribution in [1.82, 2.24) is 15.4 Å². The third-order valence-corrected chi connectivity index (χ3v) is 3.06. The van der Waals surface area contributed by atoms with E-state index in [4.69, 9.17) is 10.6 Å². The lowest BCUT2D eigenvalue weighted by Crippen LogP contribution is -2.30. The SMILES string of the molecule is COc1nccnc1C(NN)c1ccc(C)cc1C. The van der Waals surface area contributed by atoms with E-state index in [1.807, 2.05) is 6.07 Å². The Labute approximate surface area is 112 Å². The third-order valence-electron chi connectivity index (χ3n) is 3.06. The highest BCUT2D eigenvalue weighted by Crippen LogP contribution is 2.28. The summed E-state index contributed by atoms with van der Waals surface area (Å²) in [5.74, 6) is 6.17. The van der Waals surface area contributed by atoms with Crippen molar-refractivity contribution in [2.45, 2.75) is 19.9 Å². The fraction of sp³-hybridized carbons (Fsp3) is 0.286. The normalized spacial score (nSPS) is 12.2. The van der Waals surface area contributed by atoms with Crippen LogP contribution in [0.1, 0.15) is 28.4 Å². The van der Waals surface area contributed by atoms with Crippen molar-refractivity contribution in [2.24, 2.45) is 5.84 Å². The second-order valence-electron chi connectivity index (χ2n) is 4.41. The second kappa shape index (κ2) is 5.77. The molecule has 0 amide bonds. The van der Waals surface area contributed by atoms with Gasteiger partial charge in [-0.1, -0.05) is 23.8 Å². The zero-order valence-electron chi connectivity index (χ0n) is 11.3. The van der Waals surface area contributed by atoms with Crippen molar-refractivity contribution in [3.63, 3.8) is 0 Å². The number of hydrogen-bond acceptors (Lipinski definition) is 5. The molecule has 100 valence electrons. The van der Waals surface area contributed by atoms with Crippen LogP contribution < -0.4 is 16.0 Å². The number of rotatable bonds is 4. The third kappa shape index (κ3) is 2.72. The molecule has 19 heavy (non-hydrogen) atoms. The van der Waals surface area contributed by atoms with Gasteiger partial charge in [-0.05, 0) is 25.0 Å². The van der Waals surface area contributed by atoms with E-state index in [2.05, 4.69) is 41.4 Å². The highest BCUT2D eigenvalue weighted by molar-refractivity contribution is 5.39. The van der Waals surface area contributed by atoms with Crippen molar-refractivity contribution in [1.29, 1.82) is 0 Å². The minimum Gasteiger partial charge on any atom is -0.480 e. The Morgan fingerprint density at radius 1 is 1.21 bits per heavy atom. The molecule has 0 aliphatic carbocycles. The van der Waals surface area contributed by atoms with Gasteiger partial charge in [0.25, 0.3) is 0 Å². The van der Waals surface area contributed by atoms with Gasteiger partial charge in [0.1, 0.15) is 5.69 Å². The number of hydrogen-bond donors (Lipinski definition) is 2. The molecule has 1 aromatic carbocycles. The minimum atomic E-state index is -0.246. The molecule has 1 unspecified atom stereocenters. The smallest absolute Gasteiger partial charge is 0.237 e. The molecule has 0 bridgehead atoms. The van der Waals surface area contributed by atoms with Crippen LogP contribution in [0, 0.1) is 13.8 Å². The lowest BCUT2D eigenvalue weighted by molar-refractivity contribution is 0.383. The number of aryl methyl sites for hydroxylation is 2. The maximum Gasteiger partial charge on any atom is 0.237 e. The molecule has 3 N–H and O–H groups in total. The Bertz CT molecular complexity index is 571. The number of nitrogens with two attached hydrogens (primary N) is 1.